The third-order valence-corrected chi connectivity index (χ3v) is 11.1. The van der Waals surface area contributed by atoms with Crippen LogP contribution in [0.4, 0.5) is 5.69 Å². The minimum atomic E-state index is -1.49. The Balaban J connectivity index is 1.52. The van der Waals surface area contributed by atoms with Gasteiger partial charge in [-0.2, -0.15) is 0 Å². The number of likely N-dealkylation sites (tertiary alicyclic amines) is 1. The lowest BCUT2D eigenvalue weighted by Crippen LogP contribution is -2.58. The van der Waals surface area contributed by atoms with Crippen molar-refractivity contribution in [3.05, 3.63) is 87.9 Å². The highest BCUT2D eigenvalue weighted by Crippen LogP contribution is 2.59. The molecule has 3 amide bonds. The van der Waals surface area contributed by atoms with Gasteiger partial charge in [0.15, 0.2) is 0 Å². The Morgan fingerprint density at radius 2 is 1.67 bits per heavy atom. The zero-order valence-corrected chi connectivity index (χ0v) is 29.4. The Morgan fingerprint density at radius 3 is 2.33 bits per heavy atom. The number of likely N-dealkylation sites (N-methyl/N-ethyl adjacent to an activating group) is 1. The Kier molecular flexibility index (Phi) is 9.41. The standard InChI is InChI=1S/C37H42BrN3O7/c1-21-13-12-14-22(2)30(21)40-18-11-7-10-17-27(43)39(5)24(4)31(25-15-8-6-9-16-25)47-36(46)28-29-34(44)41(23(3)20-42)33(35(40)45)37(29)19-26(38)32(28)48-37/h6-9,11-16,19,23-24,28-29,31-33,42H,10,17-18,20H2,1-5H3/b11-7-/t23-,24-,28+,29-,31+,32+,33+,37-/m1/s1. The fourth-order valence-electron chi connectivity index (χ4n) is 7.84. The zero-order chi connectivity index (χ0) is 34.5. The largest absolute Gasteiger partial charge is 0.455 e. The normalized spacial score (nSPS) is 32.3. The Hall–Kier alpha value is -3.80. The van der Waals surface area contributed by atoms with Crippen LogP contribution in [0, 0.1) is 25.7 Å². The first-order valence-electron chi connectivity index (χ1n) is 16.5. The molecule has 5 bridgehead atoms. The van der Waals surface area contributed by atoms with Crippen LogP contribution in [0.15, 0.2) is 71.2 Å². The van der Waals surface area contributed by atoms with Crippen LogP contribution in [0.5, 0.6) is 0 Å². The molecule has 48 heavy (non-hydrogen) atoms. The molecular formula is C37H42BrN3O7. The van der Waals surface area contributed by atoms with E-state index in [9.17, 15) is 19.5 Å². The van der Waals surface area contributed by atoms with Crippen molar-refractivity contribution in [2.24, 2.45) is 11.8 Å². The second-order valence-electron chi connectivity index (χ2n) is 13.3. The first kappa shape index (κ1) is 34.1. The third-order valence-electron chi connectivity index (χ3n) is 10.4. The smallest absolute Gasteiger partial charge is 0.313 e. The predicted molar refractivity (Wildman–Crippen MR) is 183 cm³/mol. The number of hydrogen-bond acceptors (Lipinski definition) is 7. The van der Waals surface area contributed by atoms with Crippen molar-refractivity contribution in [1.29, 1.82) is 0 Å². The molecule has 0 aromatic heterocycles. The van der Waals surface area contributed by atoms with E-state index in [-0.39, 0.29) is 25.5 Å². The van der Waals surface area contributed by atoms with Crippen LogP contribution in [0.1, 0.15) is 49.5 Å². The Morgan fingerprint density at radius 1 is 0.979 bits per heavy atom. The van der Waals surface area contributed by atoms with Gasteiger partial charge in [-0.25, -0.2) is 0 Å². The third kappa shape index (κ3) is 5.49. The highest BCUT2D eigenvalue weighted by molar-refractivity contribution is 9.11. The number of esters is 1. The summed E-state index contributed by atoms with van der Waals surface area (Å²) in [4.78, 5) is 62.1. The van der Waals surface area contributed by atoms with Crippen LogP contribution in [-0.2, 0) is 28.7 Å². The number of aliphatic hydroxyl groups excluding tert-OH is 1. The molecule has 0 unspecified atom stereocenters. The molecular weight excluding hydrogens is 678 g/mol. The summed E-state index contributed by atoms with van der Waals surface area (Å²) in [7, 11) is 1.70. The minimum Gasteiger partial charge on any atom is -0.455 e. The molecule has 4 heterocycles. The summed E-state index contributed by atoms with van der Waals surface area (Å²) in [5, 5.41) is 10.4. The van der Waals surface area contributed by atoms with Crippen molar-refractivity contribution in [1.82, 2.24) is 9.80 Å². The van der Waals surface area contributed by atoms with Gasteiger partial charge < -0.3 is 29.3 Å². The average Bonchev–Trinajstić information content (AvgIpc) is 3.67. The van der Waals surface area contributed by atoms with Crippen LogP contribution in [-0.4, -0.2) is 88.6 Å². The summed E-state index contributed by atoms with van der Waals surface area (Å²) in [5.74, 6) is -3.77. The molecule has 2 fully saturated rings. The maximum atomic E-state index is 15.1. The van der Waals surface area contributed by atoms with E-state index in [1.54, 1.807) is 29.8 Å². The molecule has 0 aliphatic carbocycles. The number of rotatable bonds is 4. The number of allylic oxidation sites excluding steroid dienone is 1. The molecule has 0 radical (unpaired) electrons. The molecule has 0 saturated carbocycles. The first-order valence-corrected chi connectivity index (χ1v) is 17.2. The first-order chi connectivity index (χ1) is 22.9. The molecule has 1 spiro atoms. The topological polar surface area (TPSA) is 117 Å². The van der Waals surface area contributed by atoms with Gasteiger partial charge in [0.05, 0.1) is 24.6 Å². The van der Waals surface area contributed by atoms with Crippen molar-refractivity contribution in [2.45, 2.75) is 76.5 Å². The minimum absolute atomic E-state index is 0.119. The summed E-state index contributed by atoms with van der Waals surface area (Å²) in [6.45, 7) is 7.16. The number of para-hydroxylation sites is 1. The number of benzene rings is 2. The number of anilines is 1. The van der Waals surface area contributed by atoms with Crippen molar-refractivity contribution >= 4 is 45.3 Å². The molecule has 2 saturated heterocycles. The summed E-state index contributed by atoms with van der Waals surface area (Å²) in [6, 6.07) is 12.6. The van der Waals surface area contributed by atoms with Crippen LogP contribution in [0.3, 0.4) is 0 Å². The predicted octanol–water partition coefficient (Wildman–Crippen LogP) is 4.37. The van der Waals surface area contributed by atoms with Gasteiger partial charge >= 0.3 is 5.97 Å². The second-order valence-corrected chi connectivity index (χ2v) is 14.2. The number of ether oxygens (including phenoxy) is 2. The highest BCUT2D eigenvalue weighted by atomic mass is 79.9. The number of halogens is 1. The molecule has 2 aromatic rings. The molecule has 11 heteroatoms. The lowest BCUT2D eigenvalue weighted by Gasteiger charge is -2.38. The van der Waals surface area contributed by atoms with E-state index >= 15 is 4.79 Å². The van der Waals surface area contributed by atoms with E-state index in [4.69, 9.17) is 9.47 Å². The Labute approximate surface area is 289 Å². The van der Waals surface area contributed by atoms with Crippen LogP contribution >= 0.6 is 15.9 Å². The fourth-order valence-corrected chi connectivity index (χ4v) is 8.58. The number of carbonyl (C=O) groups is 4. The molecule has 254 valence electrons. The van der Waals surface area contributed by atoms with Gasteiger partial charge in [-0.1, -0.05) is 76.6 Å². The average molecular weight is 721 g/mol. The van der Waals surface area contributed by atoms with Crippen LogP contribution in [0.2, 0.25) is 0 Å². The van der Waals surface area contributed by atoms with E-state index in [1.165, 1.54) is 4.90 Å². The monoisotopic (exact) mass is 719 g/mol. The van der Waals surface area contributed by atoms with E-state index in [0.717, 1.165) is 11.1 Å². The van der Waals surface area contributed by atoms with Gasteiger partial charge in [0.1, 0.15) is 29.8 Å². The van der Waals surface area contributed by atoms with Gasteiger partial charge in [0.2, 0.25) is 11.8 Å². The van der Waals surface area contributed by atoms with Crippen molar-refractivity contribution < 1.29 is 33.8 Å². The quantitative estimate of drug-likeness (QED) is 0.369. The maximum absolute atomic E-state index is 15.1. The highest BCUT2D eigenvalue weighted by Gasteiger charge is 2.75. The van der Waals surface area contributed by atoms with Crippen molar-refractivity contribution in [3.63, 3.8) is 0 Å². The van der Waals surface area contributed by atoms with Gasteiger partial charge in [-0.15, -0.1) is 0 Å². The lowest BCUT2D eigenvalue weighted by atomic mass is 9.74. The van der Waals surface area contributed by atoms with E-state index in [0.29, 0.717) is 22.2 Å². The zero-order valence-electron chi connectivity index (χ0n) is 27.8. The molecule has 1 N–H and O–H groups in total. The number of cyclic esters (lactones) is 1. The van der Waals surface area contributed by atoms with E-state index in [2.05, 4.69) is 15.9 Å². The van der Waals surface area contributed by atoms with Crippen molar-refractivity contribution in [3.8, 4) is 0 Å². The van der Waals surface area contributed by atoms with Crippen molar-refractivity contribution in [2.75, 3.05) is 25.1 Å². The molecule has 10 nitrogen and oxygen atoms in total. The number of nitrogens with zero attached hydrogens (tertiary/aromatic N) is 3. The molecule has 2 aromatic carbocycles. The Bertz CT molecular complexity index is 1660. The fraction of sp³-hybridized carbons (Fsp3) is 0.459. The maximum Gasteiger partial charge on any atom is 0.313 e. The van der Waals surface area contributed by atoms with Gasteiger partial charge in [0.25, 0.3) is 5.91 Å². The van der Waals surface area contributed by atoms with Crippen LogP contribution < -0.4 is 4.90 Å². The summed E-state index contributed by atoms with van der Waals surface area (Å²) in [6.07, 6.45) is 4.48. The number of amides is 3. The van der Waals surface area contributed by atoms with Gasteiger partial charge in [0, 0.05) is 30.2 Å². The summed E-state index contributed by atoms with van der Waals surface area (Å²) in [5.41, 5.74) is 1.66. The van der Waals surface area contributed by atoms with Gasteiger partial charge in [-0.3, -0.25) is 19.2 Å². The van der Waals surface area contributed by atoms with E-state index in [1.807, 2.05) is 81.5 Å². The number of carbonyl (C=O) groups excluding carboxylic acids is 4. The summed E-state index contributed by atoms with van der Waals surface area (Å²) >= 11 is 3.60. The number of aliphatic hydroxyl groups is 1. The number of hydrogen-bond donors (Lipinski definition) is 1. The molecule has 4 aliphatic rings. The SMILES string of the molecule is Cc1cccc(C)c1N1C/C=C\CCC(=O)N(C)[C@H](C)[C@@H](c2ccccc2)OC(=O)[C@@H]2[C@H]3O[C@@]4(C=C3Br)[C@H](C1=O)N([C@H](C)CO)C(=O)[C@@H]24. The van der Waals surface area contributed by atoms with E-state index < -0.39 is 65.6 Å². The molecule has 8 atom stereocenters. The number of aryl methyl sites for hydroxylation is 2. The van der Waals surface area contributed by atoms with Crippen LogP contribution in [0.25, 0.3) is 0 Å². The van der Waals surface area contributed by atoms with Gasteiger partial charge in [-0.05, 0) is 56.9 Å². The lowest BCUT2D eigenvalue weighted by molar-refractivity contribution is -0.164. The number of fused-ring (bicyclic) bond motifs is 2. The molecule has 6 rings (SSSR count). The summed E-state index contributed by atoms with van der Waals surface area (Å²) < 4.78 is 13.5. The molecule has 4 aliphatic heterocycles. The second kappa shape index (κ2) is 13.2.